The number of hydrogen-bond donors (Lipinski definition) is 0. The Bertz CT molecular complexity index is 883. The SMILES string of the molecule is CCOCCn1nc(C)c2cnn(-c3ccc(F)cc3)c2c1=O. The van der Waals surface area contributed by atoms with Crippen LogP contribution in [-0.2, 0) is 11.3 Å². The molecule has 0 aliphatic rings. The number of rotatable bonds is 5. The van der Waals surface area contributed by atoms with Crippen molar-refractivity contribution in [1.82, 2.24) is 19.6 Å². The van der Waals surface area contributed by atoms with Gasteiger partial charge in [0.25, 0.3) is 5.56 Å². The Hall–Kier alpha value is -2.54. The minimum absolute atomic E-state index is 0.243. The molecule has 7 heteroatoms. The maximum Gasteiger partial charge on any atom is 0.293 e. The van der Waals surface area contributed by atoms with E-state index in [1.54, 1.807) is 18.3 Å². The van der Waals surface area contributed by atoms with E-state index in [4.69, 9.17) is 4.74 Å². The molecule has 0 saturated heterocycles. The molecule has 0 spiro atoms. The van der Waals surface area contributed by atoms with Gasteiger partial charge in [-0.3, -0.25) is 4.79 Å². The van der Waals surface area contributed by atoms with Crippen LogP contribution in [0.3, 0.4) is 0 Å². The topological polar surface area (TPSA) is 61.9 Å². The van der Waals surface area contributed by atoms with Crippen LogP contribution in [-0.4, -0.2) is 32.8 Å². The normalized spacial score (nSPS) is 11.3. The highest BCUT2D eigenvalue weighted by Crippen LogP contribution is 2.17. The van der Waals surface area contributed by atoms with Crippen LogP contribution in [0.1, 0.15) is 12.6 Å². The van der Waals surface area contributed by atoms with Gasteiger partial charge in [0, 0.05) is 12.0 Å². The summed E-state index contributed by atoms with van der Waals surface area (Å²) >= 11 is 0. The fraction of sp³-hybridized carbons (Fsp3) is 0.312. The number of aromatic nitrogens is 4. The minimum Gasteiger partial charge on any atom is -0.380 e. The Morgan fingerprint density at radius 2 is 2.00 bits per heavy atom. The predicted octanol–water partition coefficient (Wildman–Crippen LogP) is 2.07. The van der Waals surface area contributed by atoms with Crippen LogP contribution >= 0.6 is 0 Å². The maximum absolute atomic E-state index is 13.1. The van der Waals surface area contributed by atoms with Crippen LogP contribution in [0.4, 0.5) is 4.39 Å². The summed E-state index contributed by atoms with van der Waals surface area (Å²) in [6.45, 7) is 5.10. The molecule has 0 aliphatic carbocycles. The standard InChI is InChI=1S/C16H17FN4O2/c1-3-23-9-8-20-16(22)15-14(11(2)19-20)10-18-21(15)13-6-4-12(17)5-7-13/h4-7,10H,3,8-9H2,1-2H3. The lowest BCUT2D eigenvalue weighted by Crippen LogP contribution is -2.27. The average molecular weight is 316 g/mol. The number of halogens is 1. The summed E-state index contributed by atoms with van der Waals surface area (Å²) in [6.07, 6.45) is 1.61. The molecule has 3 rings (SSSR count). The van der Waals surface area contributed by atoms with E-state index in [2.05, 4.69) is 10.2 Å². The van der Waals surface area contributed by atoms with Crippen molar-refractivity contribution in [2.45, 2.75) is 20.4 Å². The Balaban J connectivity index is 2.13. The molecule has 1 aromatic carbocycles. The van der Waals surface area contributed by atoms with Gasteiger partial charge in [-0.1, -0.05) is 0 Å². The van der Waals surface area contributed by atoms with Crippen LogP contribution < -0.4 is 5.56 Å². The summed E-state index contributed by atoms with van der Waals surface area (Å²) in [5, 5.41) is 9.26. The van der Waals surface area contributed by atoms with E-state index in [0.717, 1.165) is 0 Å². The van der Waals surface area contributed by atoms with E-state index in [1.807, 2.05) is 13.8 Å². The third-order valence-corrected chi connectivity index (χ3v) is 3.59. The lowest BCUT2D eigenvalue weighted by molar-refractivity contribution is 0.135. The van der Waals surface area contributed by atoms with Gasteiger partial charge in [-0.05, 0) is 38.1 Å². The van der Waals surface area contributed by atoms with Gasteiger partial charge in [0.15, 0.2) is 0 Å². The van der Waals surface area contributed by atoms with Crippen molar-refractivity contribution in [3.63, 3.8) is 0 Å². The van der Waals surface area contributed by atoms with Crippen molar-refractivity contribution in [2.75, 3.05) is 13.2 Å². The first-order chi connectivity index (χ1) is 11.1. The number of aryl methyl sites for hydroxylation is 1. The smallest absolute Gasteiger partial charge is 0.293 e. The highest BCUT2D eigenvalue weighted by Gasteiger charge is 2.14. The molecule has 120 valence electrons. The van der Waals surface area contributed by atoms with Gasteiger partial charge >= 0.3 is 0 Å². The average Bonchev–Trinajstić information content (AvgIpc) is 2.99. The Morgan fingerprint density at radius 3 is 2.70 bits per heavy atom. The largest absolute Gasteiger partial charge is 0.380 e. The van der Waals surface area contributed by atoms with E-state index in [0.29, 0.717) is 42.0 Å². The van der Waals surface area contributed by atoms with Crippen LogP contribution in [0.15, 0.2) is 35.3 Å². The zero-order valence-corrected chi connectivity index (χ0v) is 13.0. The number of benzene rings is 1. The minimum atomic E-state index is -0.336. The van der Waals surface area contributed by atoms with Gasteiger partial charge in [0.2, 0.25) is 0 Å². The van der Waals surface area contributed by atoms with Crippen LogP contribution in [0.25, 0.3) is 16.6 Å². The summed E-state index contributed by atoms with van der Waals surface area (Å²) < 4.78 is 21.3. The molecule has 0 unspecified atom stereocenters. The molecule has 0 bridgehead atoms. The molecule has 6 nitrogen and oxygen atoms in total. The zero-order valence-electron chi connectivity index (χ0n) is 13.0. The fourth-order valence-corrected chi connectivity index (χ4v) is 2.45. The van der Waals surface area contributed by atoms with Crippen molar-refractivity contribution < 1.29 is 9.13 Å². The summed E-state index contributed by atoms with van der Waals surface area (Å²) in [4.78, 5) is 12.7. The Morgan fingerprint density at radius 1 is 1.26 bits per heavy atom. The summed E-state index contributed by atoms with van der Waals surface area (Å²) in [7, 11) is 0. The lowest BCUT2D eigenvalue weighted by Gasteiger charge is -2.08. The Kier molecular flexibility index (Phi) is 4.20. The molecule has 23 heavy (non-hydrogen) atoms. The predicted molar refractivity (Wildman–Crippen MR) is 84.3 cm³/mol. The lowest BCUT2D eigenvalue weighted by atomic mass is 10.2. The molecule has 0 radical (unpaired) electrons. The maximum atomic E-state index is 13.1. The second-order valence-electron chi connectivity index (χ2n) is 5.11. The van der Waals surface area contributed by atoms with Crippen molar-refractivity contribution >= 4 is 10.9 Å². The third kappa shape index (κ3) is 2.87. The van der Waals surface area contributed by atoms with E-state index < -0.39 is 0 Å². The molecule has 2 heterocycles. The molecule has 0 saturated carbocycles. The molecule has 0 fully saturated rings. The number of ether oxygens (including phenoxy) is 1. The Labute approximate surface area is 132 Å². The van der Waals surface area contributed by atoms with E-state index >= 15 is 0 Å². The molecule has 0 N–H and O–H groups in total. The van der Waals surface area contributed by atoms with Gasteiger partial charge in [-0.2, -0.15) is 10.2 Å². The van der Waals surface area contributed by atoms with Gasteiger partial charge in [0.1, 0.15) is 11.3 Å². The third-order valence-electron chi connectivity index (χ3n) is 3.59. The monoisotopic (exact) mass is 316 g/mol. The van der Waals surface area contributed by atoms with Crippen LogP contribution in [0.5, 0.6) is 0 Å². The molecular formula is C16H17FN4O2. The highest BCUT2D eigenvalue weighted by atomic mass is 19.1. The van der Waals surface area contributed by atoms with E-state index in [-0.39, 0.29) is 11.4 Å². The van der Waals surface area contributed by atoms with Crippen LogP contribution in [0.2, 0.25) is 0 Å². The number of fused-ring (bicyclic) bond motifs is 1. The first kappa shape index (κ1) is 15.4. The first-order valence-electron chi connectivity index (χ1n) is 7.41. The number of nitrogens with zero attached hydrogens (tertiary/aromatic N) is 4. The van der Waals surface area contributed by atoms with Gasteiger partial charge in [-0.15, -0.1) is 0 Å². The molecule has 0 atom stereocenters. The summed E-state index contributed by atoms with van der Waals surface area (Å²) in [5.74, 6) is -0.336. The molecule has 2 aromatic heterocycles. The van der Waals surface area contributed by atoms with Crippen LogP contribution in [0, 0.1) is 12.7 Å². The second-order valence-corrected chi connectivity index (χ2v) is 5.11. The van der Waals surface area contributed by atoms with E-state index in [1.165, 1.54) is 21.5 Å². The first-order valence-corrected chi connectivity index (χ1v) is 7.41. The summed E-state index contributed by atoms with van der Waals surface area (Å²) in [6, 6.07) is 5.85. The molecule has 0 aliphatic heterocycles. The second kappa shape index (κ2) is 6.29. The number of hydrogen-bond acceptors (Lipinski definition) is 4. The molecular weight excluding hydrogens is 299 g/mol. The van der Waals surface area contributed by atoms with Gasteiger partial charge in [-0.25, -0.2) is 13.8 Å². The highest BCUT2D eigenvalue weighted by molar-refractivity contribution is 5.81. The fourth-order valence-electron chi connectivity index (χ4n) is 2.45. The van der Waals surface area contributed by atoms with Gasteiger partial charge in [0.05, 0.1) is 30.7 Å². The van der Waals surface area contributed by atoms with Crippen molar-refractivity contribution in [3.05, 3.63) is 52.3 Å². The van der Waals surface area contributed by atoms with Crippen molar-refractivity contribution in [2.24, 2.45) is 0 Å². The quantitative estimate of drug-likeness (QED) is 0.676. The summed E-state index contributed by atoms with van der Waals surface area (Å²) in [5.41, 5.74) is 1.53. The van der Waals surface area contributed by atoms with Crippen molar-refractivity contribution in [3.8, 4) is 5.69 Å². The van der Waals surface area contributed by atoms with Crippen molar-refractivity contribution in [1.29, 1.82) is 0 Å². The zero-order chi connectivity index (χ0) is 16.4. The van der Waals surface area contributed by atoms with Gasteiger partial charge < -0.3 is 4.74 Å². The molecule has 3 aromatic rings. The van der Waals surface area contributed by atoms with E-state index in [9.17, 15) is 9.18 Å². The molecule has 0 amide bonds.